The van der Waals surface area contributed by atoms with Crippen LogP contribution in [0, 0.1) is 0 Å². The molecule has 2 atom stereocenters. The van der Waals surface area contributed by atoms with E-state index in [1.54, 1.807) is 0 Å². The predicted molar refractivity (Wildman–Crippen MR) is 128 cm³/mol. The topological polar surface area (TPSA) is 43.2 Å². The second kappa shape index (κ2) is 8.27. The van der Waals surface area contributed by atoms with Crippen LogP contribution in [0.25, 0.3) is 0 Å². The first-order chi connectivity index (χ1) is 15.5. The summed E-state index contributed by atoms with van der Waals surface area (Å²) in [5.74, 6) is 1.37. The van der Waals surface area contributed by atoms with Gasteiger partial charge in [-0.25, -0.2) is 9.98 Å². The molecule has 2 aliphatic heterocycles. The highest BCUT2D eigenvalue weighted by Gasteiger charge is 2.27. The van der Waals surface area contributed by atoms with Crippen molar-refractivity contribution in [2.75, 3.05) is 13.2 Å². The summed E-state index contributed by atoms with van der Waals surface area (Å²) >= 11 is 0. The lowest BCUT2D eigenvalue weighted by molar-refractivity contribution is 0.319. The predicted octanol–water partition coefficient (Wildman–Crippen LogP) is 6.02. The van der Waals surface area contributed by atoms with Crippen LogP contribution in [0.4, 0.5) is 0 Å². The molecule has 0 spiro atoms. The highest BCUT2D eigenvalue weighted by atomic mass is 16.5. The van der Waals surface area contributed by atoms with Crippen LogP contribution in [0.15, 0.2) is 88.8 Å². The molecule has 4 heteroatoms. The zero-order valence-corrected chi connectivity index (χ0v) is 18.8. The molecule has 2 heterocycles. The van der Waals surface area contributed by atoms with Crippen molar-refractivity contribution in [2.24, 2.45) is 9.98 Å². The Kier molecular flexibility index (Phi) is 5.30. The molecule has 0 saturated heterocycles. The van der Waals surface area contributed by atoms with Gasteiger partial charge >= 0.3 is 0 Å². The van der Waals surface area contributed by atoms with Gasteiger partial charge in [-0.2, -0.15) is 0 Å². The Morgan fingerprint density at radius 2 is 1.09 bits per heavy atom. The largest absolute Gasteiger partial charge is 0.475 e. The summed E-state index contributed by atoms with van der Waals surface area (Å²) in [6.07, 6.45) is 0. The highest BCUT2D eigenvalue weighted by molar-refractivity contribution is 6.01. The Labute approximate surface area is 189 Å². The molecule has 0 aromatic heterocycles. The molecule has 3 aromatic rings. The van der Waals surface area contributed by atoms with E-state index in [1.807, 2.05) is 36.4 Å². The first-order valence-corrected chi connectivity index (χ1v) is 11.1. The second-order valence-electron chi connectivity index (χ2n) is 9.39. The van der Waals surface area contributed by atoms with Crippen LogP contribution < -0.4 is 0 Å². The van der Waals surface area contributed by atoms with E-state index in [9.17, 15) is 0 Å². The van der Waals surface area contributed by atoms with Gasteiger partial charge in [-0.05, 0) is 40.3 Å². The number of aliphatic imine (C=N–C) groups is 2. The number of benzene rings is 3. The molecule has 0 amide bonds. The molecule has 4 nitrogen and oxygen atoms in total. The standard InChI is InChI=1S/C28H28N2O2/c1-28(2,3)23-15-21(26-29-24(17-31-26)19-10-6-4-7-11-19)14-22(16-23)27-30-25(18-32-27)20-12-8-5-9-13-20/h4-16,24-25H,17-18H2,1-3H3/t24-,25-/m0/s1. The third kappa shape index (κ3) is 4.18. The van der Waals surface area contributed by atoms with Crippen molar-refractivity contribution in [3.63, 3.8) is 0 Å². The Balaban J connectivity index is 1.50. The van der Waals surface area contributed by atoms with Crippen LogP contribution in [-0.4, -0.2) is 25.0 Å². The van der Waals surface area contributed by atoms with Crippen molar-refractivity contribution >= 4 is 11.8 Å². The van der Waals surface area contributed by atoms with Gasteiger partial charge in [0.2, 0.25) is 11.8 Å². The van der Waals surface area contributed by atoms with Gasteiger partial charge in [-0.3, -0.25) is 0 Å². The van der Waals surface area contributed by atoms with E-state index in [-0.39, 0.29) is 17.5 Å². The monoisotopic (exact) mass is 424 g/mol. The normalized spacial score (nSPS) is 20.3. The quantitative estimate of drug-likeness (QED) is 0.514. The molecule has 0 radical (unpaired) electrons. The molecule has 32 heavy (non-hydrogen) atoms. The van der Waals surface area contributed by atoms with Crippen LogP contribution >= 0.6 is 0 Å². The van der Waals surface area contributed by atoms with Gasteiger partial charge in [0.1, 0.15) is 25.3 Å². The van der Waals surface area contributed by atoms with Gasteiger partial charge < -0.3 is 9.47 Å². The zero-order chi connectivity index (χ0) is 22.1. The fourth-order valence-corrected chi connectivity index (χ4v) is 4.06. The highest BCUT2D eigenvalue weighted by Crippen LogP contribution is 2.31. The zero-order valence-electron chi connectivity index (χ0n) is 18.8. The molecular formula is C28H28N2O2. The van der Waals surface area contributed by atoms with Crippen molar-refractivity contribution in [3.05, 3.63) is 107 Å². The number of hydrogen-bond acceptors (Lipinski definition) is 4. The van der Waals surface area contributed by atoms with Gasteiger partial charge in [-0.15, -0.1) is 0 Å². The fourth-order valence-electron chi connectivity index (χ4n) is 4.06. The maximum absolute atomic E-state index is 6.05. The molecule has 2 aliphatic rings. The molecule has 0 N–H and O–H groups in total. The lowest BCUT2D eigenvalue weighted by Gasteiger charge is -2.21. The molecule has 0 saturated carbocycles. The van der Waals surface area contributed by atoms with Crippen LogP contribution in [0.3, 0.4) is 0 Å². The van der Waals surface area contributed by atoms with Gasteiger partial charge in [0.15, 0.2) is 0 Å². The summed E-state index contributed by atoms with van der Waals surface area (Å²) in [6.45, 7) is 7.75. The van der Waals surface area contributed by atoms with Crippen LogP contribution in [-0.2, 0) is 14.9 Å². The number of hydrogen-bond donors (Lipinski definition) is 0. The third-order valence-electron chi connectivity index (χ3n) is 5.96. The Morgan fingerprint density at radius 3 is 1.50 bits per heavy atom. The minimum atomic E-state index is -0.0270. The summed E-state index contributed by atoms with van der Waals surface area (Å²) in [4.78, 5) is 9.79. The van der Waals surface area contributed by atoms with Gasteiger partial charge in [0.05, 0.1) is 0 Å². The Hall–Kier alpha value is -3.40. The Bertz CT molecular complexity index is 1080. The molecule has 0 fully saturated rings. The third-order valence-corrected chi connectivity index (χ3v) is 5.96. The average Bonchev–Trinajstić information content (AvgIpc) is 3.50. The fraction of sp³-hybridized carbons (Fsp3) is 0.286. The molecule has 0 unspecified atom stereocenters. The van der Waals surface area contributed by atoms with Gasteiger partial charge in [-0.1, -0.05) is 81.4 Å². The van der Waals surface area contributed by atoms with E-state index in [1.165, 1.54) is 16.7 Å². The van der Waals surface area contributed by atoms with E-state index in [0.29, 0.717) is 25.0 Å². The summed E-state index contributed by atoms with van der Waals surface area (Å²) in [7, 11) is 0. The summed E-state index contributed by atoms with van der Waals surface area (Å²) in [5, 5.41) is 0. The molecule has 0 bridgehead atoms. The van der Waals surface area contributed by atoms with Crippen LogP contribution in [0.2, 0.25) is 0 Å². The minimum absolute atomic E-state index is 0.0236. The van der Waals surface area contributed by atoms with Crippen LogP contribution in [0.5, 0.6) is 0 Å². The summed E-state index contributed by atoms with van der Waals surface area (Å²) in [5.41, 5.74) is 5.46. The molecule has 162 valence electrons. The van der Waals surface area contributed by atoms with E-state index < -0.39 is 0 Å². The summed E-state index contributed by atoms with van der Waals surface area (Å²) in [6, 6.07) is 27.1. The van der Waals surface area contributed by atoms with Gasteiger partial charge in [0, 0.05) is 11.1 Å². The van der Waals surface area contributed by atoms with E-state index >= 15 is 0 Å². The van der Waals surface area contributed by atoms with Crippen molar-refractivity contribution < 1.29 is 9.47 Å². The lowest BCUT2D eigenvalue weighted by Crippen LogP contribution is -2.15. The number of nitrogens with zero attached hydrogens (tertiary/aromatic N) is 2. The van der Waals surface area contributed by atoms with E-state index in [2.05, 4.69) is 63.2 Å². The molecule has 3 aromatic carbocycles. The maximum Gasteiger partial charge on any atom is 0.216 e. The van der Waals surface area contributed by atoms with Crippen molar-refractivity contribution in [1.82, 2.24) is 0 Å². The van der Waals surface area contributed by atoms with Crippen molar-refractivity contribution in [3.8, 4) is 0 Å². The second-order valence-corrected chi connectivity index (χ2v) is 9.39. The van der Waals surface area contributed by atoms with E-state index in [4.69, 9.17) is 19.5 Å². The van der Waals surface area contributed by atoms with Gasteiger partial charge in [0.25, 0.3) is 0 Å². The first-order valence-electron chi connectivity index (χ1n) is 11.1. The summed E-state index contributed by atoms with van der Waals surface area (Å²) < 4.78 is 12.1. The van der Waals surface area contributed by atoms with Crippen molar-refractivity contribution in [1.29, 1.82) is 0 Å². The smallest absolute Gasteiger partial charge is 0.216 e. The number of rotatable bonds is 4. The lowest BCUT2D eigenvalue weighted by atomic mass is 9.85. The molecule has 0 aliphatic carbocycles. The van der Waals surface area contributed by atoms with Crippen molar-refractivity contribution in [2.45, 2.75) is 38.3 Å². The molecule has 5 rings (SSSR count). The number of ether oxygens (including phenoxy) is 2. The minimum Gasteiger partial charge on any atom is -0.475 e. The average molecular weight is 425 g/mol. The SMILES string of the molecule is CC(C)(C)c1cc(C2=N[C@H](c3ccccc3)CO2)cc(C2=N[C@H](c3ccccc3)CO2)c1. The molecular weight excluding hydrogens is 396 g/mol. The van der Waals surface area contributed by atoms with E-state index in [0.717, 1.165) is 11.1 Å². The maximum atomic E-state index is 6.05. The first kappa shape index (κ1) is 20.5. The Morgan fingerprint density at radius 1 is 0.656 bits per heavy atom. The van der Waals surface area contributed by atoms with Crippen LogP contribution in [0.1, 0.15) is 60.7 Å².